The van der Waals surface area contributed by atoms with E-state index in [0.29, 0.717) is 19.5 Å². The maximum atomic E-state index is 11.8. The molecule has 2 heterocycles. The third kappa shape index (κ3) is 3.34. The SMILES string of the molecule is Cc1ncn(CCNC(=O)C2CCS(=O)(=O)C2)c1C. The Hall–Kier alpha value is -1.37. The van der Waals surface area contributed by atoms with Crippen molar-refractivity contribution in [2.24, 2.45) is 5.92 Å². The van der Waals surface area contributed by atoms with Gasteiger partial charge in [-0.15, -0.1) is 0 Å². The molecule has 19 heavy (non-hydrogen) atoms. The first-order valence-corrected chi connectivity index (χ1v) is 8.17. The van der Waals surface area contributed by atoms with Crippen LogP contribution in [-0.2, 0) is 21.2 Å². The molecule has 1 N–H and O–H groups in total. The highest BCUT2D eigenvalue weighted by Gasteiger charge is 2.32. The Morgan fingerprint density at radius 2 is 2.26 bits per heavy atom. The zero-order valence-corrected chi connectivity index (χ0v) is 12.0. The third-order valence-electron chi connectivity index (χ3n) is 3.60. The van der Waals surface area contributed by atoms with Gasteiger partial charge in [0.2, 0.25) is 5.91 Å². The lowest BCUT2D eigenvalue weighted by atomic mass is 10.1. The van der Waals surface area contributed by atoms with E-state index in [1.165, 1.54) is 0 Å². The number of nitrogens with zero attached hydrogens (tertiary/aromatic N) is 2. The molecule has 1 unspecified atom stereocenters. The van der Waals surface area contributed by atoms with Crippen LogP contribution >= 0.6 is 0 Å². The highest BCUT2D eigenvalue weighted by atomic mass is 32.2. The van der Waals surface area contributed by atoms with Gasteiger partial charge in [-0.3, -0.25) is 4.79 Å². The molecule has 106 valence electrons. The molecular weight excluding hydrogens is 266 g/mol. The molecule has 1 aromatic heterocycles. The van der Waals surface area contributed by atoms with Gasteiger partial charge in [0, 0.05) is 18.8 Å². The molecule has 1 saturated heterocycles. The van der Waals surface area contributed by atoms with Gasteiger partial charge >= 0.3 is 0 Å². The van der Waals surface area contributed by atoms with Crippen molar-refractivity contribution in [3.63, 3.8) is 0 Å². The molecule has 1 fully saturated rings. The second kappa shape index (κ2) is 5.32. The summed E-state index contributed by atoms with van der Waals surface area (Å²) < 4.78 is 24.6. The van der Waals surface area contributed by atoms with E-state index >= 15 is 0 Å². The van der Waals surface area contributed by atoms with Crippen molar-refractivity contribution in [1.29, 1.82) is 0 Å². The molecule has 1 aliphatic heterocycles. The van der Waals surface area contributed by atoms with E-state index in [1.54, 1.807) is 6.33 Å². The van der Waals surface area contributed by atoms with E-state index in [9.17, 15) is 13.2 Å². The van der Waals surface area contributed by atoms with Gasteiger partial charge in [0.05, 0.1) is 29.4 Å². The molecule has 1 amide bonds. The predicted octanol–water partition coefficient (Wildman–Crippen LogP) is 0.0508. The van der Waals surface area contributed by atoms with Gasteiger partial charge in [-0.05, 0) is 20.3 Å². The van der Waals surface area contributed by atoms with Crippen molar-refractivity contribution in [2.45, 2.75) is 26.8 Å². The number of carbonyl (C=O) groups excluding carboxylic acids is 1. The number of aryl methyl sites for hydroxylation is 1. The first-order chi connectivity index (χ1) is 8.89. The number of aromatic nitrogens is 2. The van der Waals surface area contributed by atoms with Crippen molar-refractivity contribution in [1.82, 2.24) is 14.9 Å². The number of sulfone groups is 1. The van der Waals surface area contributed by atoms with Crippen molar-refractivity contribution in [2.75, 3.05) is 18.1 Å². The molecule has 1 aliphatic rings. The molecule has 0 aromatic carbocycles. The Labute approximate surface area is 113 Å². The van der Waals surface area contributed by atoms with E-state index in [2.05, 4.69) is 10.3 Å². The van der Waals surface area contributed by atoms with Crippen LogP contribution in [0.3, 0.4) is 0 Å². The topological polar surface area (TPSA) is 81.1 Å². The normalized spacial score (nSPS) is 21.5. The summed E-state index contributed by atoms with van der Waals surface area (Å²) in [6.45, 7) is 5.06. The van der Waals surface area contributed by atoms with Gasteiger partial charge in [0.15, 0.2) is 9.84 Å². The fraction of sp³-hybridized carbons (Fsp3) is 0.667. The second-order valence-electron chi connectivity index (χ2n) is 5.00. The van der Waals surface area contributed by atoms with E-state index < -0.39 is 9.84 Å². The minimum atomic E-state index is -3.00. The highest BCUT2D eigenvalue weighted by Crippen LogP contribution is 2.18. The summed E-state index contributed by atoms with van der Waals surface area (Å²) in [6, 6.07) is 0. The van der Waals surface area contributed by atoms with Crippen molar-refractivity contribution < 1.29 is 13.2 Å². The number of carbonyl (C=O) groups is 1. The molecule has 1 atom stereocenters. The number of amides is 1. The standard InChI is InChI=1S/C12H19N3O3S/c1-9-10(2)15(8-14-9)5-4-13-12(16)11-3-6-19(17,18)7-11/h8,11H,3-7H2,1-2H3,(H,13,16). The Balaban J connectivity index is 1.80. The number of hydrogen-bond donors (Lipinski definition) is 1. The lowest BCUT2D eigenvalue weighted by Gasteiger charge is -2.10. The minimum absolute atomic E-state index is 0.0119. The quantitative estimate of drug-likeness (QED) is 0.847. The number of hydrogen-bond acceptors (Lipinski definition) is 4. The molecule has 7 heteroatoms. The van der Waals surface area contributed by atoms with Gasteiger partial charge in [-0.1, -0.05) is 0 Å². The average molecular weight is 285 g/mol. The summed E-state index contributed by atoms with van der Waals surface area (Å²) in [6.07, 6.45) is 2.19. The molecule has 2 rings (SSSR count). The summed E-state index contributed by atoms with van der Waals surface area (Å²) in [5, 5.41) is 2.80. The highest BCUT2D eigenvalue weighted by molar-refractivity contribution is 7.91. The summed E-state index contributed by atoms with van der Waals surface area (Å²) in [7, 11) is -3.00. The lowest BCUT2D eigenvalue weighted by molar-refractivity contribution is -0.124. The Kier molecular flexibility index (Phi) is 3.93. The van der Waals surface area contributed by atoms with Crippen molar-refractivity contribution in [3.05, 3.63) is 17.7 Å². The summed E-state index contributed by atoms with van der Waals surface area (Å²) in [4.78, 5) is 16.0. The summed E-state index contributed by atoms with van der Waals surface area (Å²) >= 11 is 0. The second-order valence-corrected chi connectivity index (χ2v) is 7.23. The van der Waals surface area contributed by atoms with Crippen LogP contribution in [0.2, 0.25) is 0 Å². The molecule has 0 bridgehead atoms. The molecule has 0 aliphatic carbocycles. The number of nitrogens with one attached hydrogen (secondary N) is 1. The van der Waals surface area contributed by atoms with E-state index in [1.807, 2.05) is 18.4 Å². The van der Waals surface area contributed by atoms with E-state index in [0.717, 1.165) is 11.4 Å². The summed E-state index contributed by atoms with van der Waals surface area (Å²) in [5.41, 5.74) is 2.06. The van der Waals surface area contributed by atoms with Crippen LogP contribution in [0.4, 0.5) is 0 Å². The zero-order valence-electron chi connectivity index (χ0n) is 11.2. The van der Waals surface area contributed by atoms with Gasteiger partial charge < -0.3 is 9.88 Å². The maximum absolute atomic E-state index is 11.8. The number of rotatable bonds is 4. The Bertz CT molecular complexity index is 577. The van der Waals surface area contributed by atoms with E-state index in [4.69, 9.17) is 0 Å². The van der Waals surface area contributed by atoms with Crippen LogP contribution in [0.25, 0.3) is 0 Å². The first kappa shape index (κ1) is 14.0. The first-order valence-electron chi connectivity index (χ1n) is 6.35. The molecule has 0 saturated carbocycles. The van der Waals surface area contributed by atoms with E-state index in [-0.39, 0.29) is 23.3 Å². The molecule has 6 nitrogen and oxygen atoms in total. The Morgan fingerprint density at radius 3 is 2.79 bits per heavy atom. The van der Waals surface area contributed by atoms with Crippen LogP contribution < -0.4 is 5.32 Å². The molecule has 0 radical (unpaired) electrons. The zero-order chi connectivity index (χ0) is 14.0. The van der Waals surface area contributed by atoms with Gasteiger partial charge in [-0.25, -0.2) is 13.4 Å². The van der Waals surface area contributed by atoms with Gasteiger partial charge in [0.25, 0.3) is 0 Å². The largest absolute Gasteiger partial charge is 0.354 e. The predicted molar refractivity (Wildman–Crippen MR) is 71.5 cm³/mol. The van der Waals surface area contributed by atoms with Gasteiger partial charge in [0.1, 0.15) is 0 Å². The lowest BCUT2D eigenvalue weighted by Crippen LogP contribution is -2.33. The summed E-state index contributed by atoms with van der Waals surface area (Å²) in [5.74, 6) is -0.418. The molecule has 1 aromatic rings. The smallest absolute Gasteiger partial charge is 0.224 e. The van der Waals surface area contributed by atoms with Crippen molar-refractivity contribution in [3.8, 4) is 0 Å². The number of imidazole rings is 1. The van der Waals surface area contributed by atoms with Crippen LogP contribution in [0.5, 0.6) is 0 Å². The third-order valence-corrected chi connectivity index (χ3v) is 5.37. The fourth-order valence-corrected chi connectivity index (χ4v) is 3.96. The van der Waals surface area contributed by atoms with Crippen LogP contribution in [0, 0.1) is 19.8 Å². The average Bonchev–Trinajstić information content (AvgIpc) is 2.85. The monoisotopic (exact) mass is 285 g/mol. The van der Waals surface area contributed by atoms with Gasteiger partial charge in [-0.2, -0.15) is 0 Å². The fourth-order valence-electron chi connectivity index (χ4n) is 2.22. The molecular formula is C12H19N3O3S. The van der Waals surface area contributed by atoms with Crippen LogP contribution in [0.15, 0.2) is 6.33 Å². The maximum Gasteiger partial charge on any atom is 0.224 e. The van der Waals surface area contributed by atoms with Crippen LogP contribution in [0.1, 0.15) is 17.8 Å². The van der Waals surface area contributed by atoms with Crippen LogP contribution in [-0.4, -0.2) is 41.9 Å². The Morgan fingerprint density at radius 1 is 1.53 bits per heavy atom. The molecule has 0 spiro atoms. The van der Waals surface area contributed by atoms with Crippen molar-refractivity contribution >= 4 is 15.7 Å². The minimum Gasteiger partial charge on any atom is -0.354 e.